The summed E-state index contributed by atoms with van der Waals surface area (Å²) in [6.07, 6.45) is 0. The molecule has 2 rings (SSSR count). The quantitative estimate of drug-likeness (QED) is 0.682. The molecular formula is C13H9ClF2N2O2. The van der Waals surface area contributed by atoms with E-state index in [1.807, 2.05) is 0 Å². The van der Waals surface area contributed by atoms with Gasteiger partial charge in [-0.1, -0.05) is 29.8 Å². The van der Waals surface area contributed by atoms with E-state index in [-0.39, 0.29) is 22.9 Å². The molecule has 2 aromatic carbocycles. The first kappa shape index (κ1) is 14.2. The Labute approximate surface area is 118 Å². The Hall–Kier alpha value is -2.21. The third-order valence-corrected chi connectivity index (χ3v) is 2.95. The van der Waals surface area contributed by atoms with E-state index in [0.717, 1.165) is 6.07 Å². The molecule has 1 N–H and O–H groups in total. The molecule has 0 aliphatic carbocycles. The maximum absolute atomic E-state index is 13.6. The van der Waals surface area contributed by atoms with E-state index in [2.05, 4.69) is 5.32 Å². The monoisotopic (exact) mass is 298 g/mol. The summed E-state index contributed by atoms with van der Waals surface area (Å²) in [4.78, 5) is 10.3. The molecule has 0 aromatic heterocycles. The van der Waals surface area contributed by atoms with Crippen LogP contribution in [-0.4, -0.2) is 4.92 Å². The third-order valence-electron chi connectivity index (χ3n) is 2.65. The van der Waals surface area contributed by atoms with Crippen molar-refractivity contribution in [1.82, 2.24) is 0 Å². The van der Waals surface area contributed by atoms with Crippen molar-refractivity contribution in [3.05, 3.63) is 68.7 Å². The lowest BCUT2D eigenvalue weighted by molar-refractivity contribution is -0.385. The Morgan fingerprint density at radius 3 is 2.60 bits per heavy atom. The summed E-state index contributed by atoms with van der Waals surface area (Å²) in [6.45, 7) is -0.000570. The van der Waals surface area contributed by atoms with E-state index in [4.69, 9.17) is 11.6 Å². The molecule has 0 radical (unpaired) electrons. The first-order valence-corrected chi connectivity index (χ1v) is 5.97. The van der Waals surface area contributed by atoms with Gasteiger partial charge in [0.2, 0.25) is 0 Å². The fraction of sp³-hybridized carbons (Fsp3) is 0.0769. The number of nitrogens with one attached hydrogen (secondary N) is 1. The molecule has 0 aliphatic rings. The van der Waals surface area contributed by atoms with Crippen LogP contribution in [0.1, 0.15) is 5.56 Å². The molecular weight excluding hydrogens is 290 g/mol. The molecule has 2 aromatic rings. The van der Waals surface area contributed by atoms with Crippen LogP contribution in [0.15, 0.2) is 36.4 Å². The van der Waals surface area contributed by atoms with Crippen molar-refractivity contribution in [3.8, 4) is 0 Å². The molecule has 0 amide bonds. The van der Waals surface area contributed by atoms with Crippen molar-refractivity contribution in [1.29, 1.82) is 0 Å². The smallest absolute Gasteiger partial charge is 0.274 e. The molecule has 0 fully saturated rings. The maximum Gasteiger partial charge on any atom is 0.274 e. The number of nitro benzene ring substituents is 1. The molecule has 0 spiro atoms. The highest BCUT2D eigenvalue weighted by Crippen LogP contribution is 2.28. The highest BCUT2D eigenvalue weighted by Gasteiger charge is 2.14. The van der Waals surface area contributed by atoms with Crippen LogP contribution in [0.3, 0.4) is 0 Å². The van der Waals surface area contributed by atoms with Gasteiger partial charge in [0, 0.05) is 24.2 Å². The minimum Gasteiger partial charge on any atom is -0.377 e. The Bertz CT molecular complexity index is 642. The fourth-order valence-electron chi connectivity index (χ4n) is 1.73. The van der Waals surface area contributed by atoms with Crippen LogP contribution in [0.5, 0.6) is 0 Å². The van der Waals surface area contributed by atoms with Gasteiger partial charge in [-0.2, -0.15) is 0 Å². The summed E-state index contributed by atoms with van der Waals surface area (Å²) < 4.78 is 26.5. The summed E-state index contributed by atoms with van der Waals surface area (Å²) in [7, 11) is 0. The molecule has 0 unspecified atom stereocenters. The SMILES string of the molecule is O=[N+]([O-])c1ccccc1CNc1c(F)cc(F)cc1Cl. The zero-order valence-corrected chi connectivity index (χ0v) is 10.8. The number of rotatable bonds is 4. The largest absolute Gasteiger partial charge is 0.377 e. The molecule has 0 heterocycles. The number of hydrogen-bond acceptors (Lipinski definition) is 3. The number of nitro groups is 1. The van der Waals surface area contributed by atoms with Crippen LogP contribution in [0.2, 0.25) is 5.02 Å². The van der Waals surface area contributed by atoms with Crippen LogP contribution >= 0.6 is 11.6 Å². The van der Waals surface area contributed by atoms with Crippen molar-refractivity contribution in [3.63, 3.8) is 0 Å². The normalized spacial score (nSPS) is 10.3. The third kappa shape index (κ3) is 3.03. The van der Waals surface area contributed by atoms with Crippen molar-refractivity contribution in [2.45, 2.75) is 6.54 Å². The Morgan fingerprint density at radius 1 is 1.25 bits per heavy atom. The van der Waals surface area contributed by atoms with Gasteiger partial charge in [-0.25, -0.2) is 8.78 Å². The summed E-state index contributed by atoms with van der Waals surface area (Å²) >= 11 is 5.73. The Balaban J connectivity index is 2.24. The van der Waals surface area contributed by atoms with Gasteiger partial charge < -0.3 is 5.32 Å². The van der Waals surface area contributed by atoms with Gasteiger partial charge in [-0.3, -0.25) is 10.1 Å². The number of hydrogen-bond donors (Lipinski definition) is 1. The first-order chi connectivity index (χ1) is 9.49. The number of benzene rings is 2. The zero-order valence-electron chi connectivity index (χ0n) is 10.1. The average Bonchev–Trinajstić information content (AvgIpc) is 2.37. The topological polar surface area (TPSA) is 55.2 Å². The van der Waals surface area contributed by atoms with Gasteiger partial charge in [-0.05, 0) is 6.07 Å². The first-order valence-electron chi connectivity index (χ1n) is 5.59. The average molecular weight is 299 g/mol. The van der Waals surface area contributed by atoms with Gasteiger partial charge in [0.05, 0.1) is 15.6 Å². The predicted molar refractivity (Wildman–Crippen MR) is 71.8 cm³/mol. The number of anilines is 1. The van der Waals surface area contributed by atoms with Crippen molar-refractivity contribution in [2.75, 3.05) is 5.32 Å². The zero-order chi connectivity index (χ0) is 14.7. The van der Waals surface area contributed by atoms with E-state index in [1.165, 1.54) is 12.1 Å². The molecule has 0 saturated carbocycles. The van der Waals surface area contributed by atoms with Crippen molar-refractivity contribution in [2.24, 2.45) is 0 Å². The minimum absolute atomic E-state index is 0.000570. The van der Waals surface area contributed by atoms with Crippen molar-refractivity contribution < 1.29 is 13.7 Å². The van der Waals surface area contributed by atoms with Crippen molar-refractivity contribution >= 4 is 23.0 Å². The highest BCUT2D eigenvalue weighted by atomic mass is 35.5. The van der Waals surface area contributed by atoms with Gasteiger partial charge in [0.15, 0.2) is 5.82 Å². The van der Waals surface area contributed by atoms with E-state index in [9.17, 15) is 18.9 Å². The summed E-state index contributed by atoms with van der Waals surface area (Å²) in [6, 6.07) is 7.71. The van der Waals surface area contributed by atoms with E-state index >= 15 is 0 Å². The lowest BCUT2D eigenvalue weighted by atomic mass is 10.1. The Kier molecular flexibility index (Phi) is 4.14. The second kappa shape index (κ2) is 5.83. The molecule has 7 heteroatoms. The maximum atomic E-state index is 13.6. The fourth-order valence-corrected chi connectivity index (χ4v) is 1.99. The van der Waals surface area contributed by atoms with Crippen LogP contribution in [0, 0.1) is 21.7 Å². The molecule has 0 atom stereocenters. The molecule has 20 heavy (non-hydrogen) atoms. The van der Waals surface area contributed by atoms with Gasteiger partial charge in [-0.15, -0.1) is 0 Å². The van der Waals surface area contributed by atoms with E-state index in [0.29, 0.717) is 11.6 Å². The van der Waals surface area contributed by atoms with E-state index < -0.39 is 16.6 Å². The van der Waals surface area contributed by atoms with E-state index in [1.54, 1.807) is 12.1 Å². The summed E-state index contributed by atoms with van der Waals surface area (Å²) in [5.74, 6) is -1.64. The van der Waals surface area contributed by atoms with Crippen LogP contribution in [0.25, 0.3) is 0 Å². The van der Waals surface area contributed by atoms with Crippen LogP contribution in [-0.2, 0) is 6.54 Å². The second-order valence-electron chi connectivity index (χ2n) is 3.98. The lowest BCUT2D eigenvalue weighted by Gasteiger charge is -2.10. The molecule has 4 nitrogen and oxygen atoms in total. The summed E-state index contributed by atoms with van der Waals surface area (Å²) in [5, 5.41) is 13.4. The van der Waals surface area contributed by atoms with Gasteiger partial charge in [0.1, 0.15) is 5.82 Å². The van der Waals surface area contributed by atoms with Crippen LogP contribution < -0.4 is 5.32 Å². The molecule has 0 saturated heterocycles. The van der Waals surface area contributed by atoms with Gasteiger partial charge in [0.25, 0.3) is 5.69 Å². The minimum atomic E-state index is -0.853. The summed E-state index contributed by atoms with van der Waals surface area (Å²) in [5.41, 5.74) is 0.196. The number of nitrogens with zero attached hydrogens (tertiary/aromatic N) is 1. The van der Waals surface area contributed by atoms with Crippen LogP contribution in [0.4, 0.5) is 20.2 Å². The second-order valence-corrected chi connectivity index (χ2v) is 4.39. The highest BCUT2D eigenvalue weighted by molar-refractivity contribution is 6.33. The lowest BCUT2D eigenvalue weighted by Crippen LogP contribution is -2.05. The predicted octanol–water partition coefficient (Wildman–Crippen LogP) is 4.14. The number of halogens is 3. The van der Waals surface area contributed by atoms with Gasteiger partial charge >= 0.3 is 0 Å². The Morgan fingerprint density at radius 2 is 1.95 bits per heavy atom. The molecule has 0 aliphatic heterocycles. The molecule has 104 valence electrons. The number of para-hydroxylation sites is 1. The standard InChI is InChI=1S/C13H9ClF2N2O2/c14-10-5-9(15)6-11(16)13(10)17-7-8-3-1-2-4-12(8)18(19)20/h1-6,17H,7H2. The molecule has 0 bridgehead atoms.